The zero-order chi connectivity index (χ0) is 27.1. The third-order valence-electron chi connectivity index (χ3n) is 6.02. The highest BCUT2D eigenvalue weighted by atomic mass is 35.5. The Kier molecular flexibility index (Phi) is 6.91. The molecule has 1 aliphatic rings. The van der Waals surface area contributed by atoms with Crippen LogP contribution in [-0.4, -0.2) is 32.1 Å². The number of nitrogens with zero attached hydrogens (tertiary/aromatic N) is 2. The molecule has 9 nitrogen and oxygen atoms in total. The molecular weight excluding hydrogens is 518 g/mol. The van der Waals surface area contributed by atoms with E-state index in [-0.39, 0.29) is 51.1 Å². The lowest BCUT2D eigenvalue weighted by Crippen LogP contribution is -2.41. The van der Waals surface area contributed by atoms with Gasteiger partial charge in [-0.3, -0.25) is 19.6 Å². The number of fused-ring (bicyclic) bond motifs is 1. The van der Waals surface area contributed by atoms with Crippen LogP contribution in [-0.2, 0) is 26.7 Å². The van der Waals surface area contributed by atoms with Crippen LogP contribution in [0.4, 0.5) is 11.4 Å². The van der Waals surface area contributed by atoms with Crippen molar-refractivity contribution in [3.8, 4) is 0 Å². The number of hydrogen-bond acceptors (Lipinski definition) is 6. The molecule has 0 fully saturated rings. The zero-order valence-electron chi connectivity index (χ0n) is 20.8. The molecule has 3 aromatic rings. The number of carbonyl (C=O) groups is 2. The first kappa shape index (κ1) is 26.4. The fourth-order valence-corrected chi connectivity index (χ4v) is 5.46. The summed E-state index contributed by atoms with van der Waals surface area (Å²) in [6, 6.07) is 12.5. The maximum absolute atomic E-state index is 13.4. The van der Waals surface area contributed by atoms with Crippen molar-refractivity contribution in [1.29, 1.82) is 0 Å². The molecule has 37 heavy (non-hydrogen) atoms. The molecule has 0 unspecified atom stereocenters. The lowest BCUT2D eigenvalue weighted by Gasteiger charge is -2.19. The Hall–Kier alpha value is -3.63. The van der Waals surface area contributed by atoms with Crippen LogP contribution in [0.25, 0.3) is 0 Å². The number of hydrogen-bond donors (Lipinski definition) is 2. The highest BCUT2D eigenvalue weighted by Gasteiger charge is 2.39. The van der Waals surface area contributed by atoms with Gasteiger partial charge in [-0.2, -0.15) is 0 Å². The lowest BCUT2D eigenvalue weighted by molar-refractivity contribution is -0.905. The van der Waals surface area contributed by atoms with Crippen molar-refractivity contribution in [3.63, 3.8) is 0 Å². The van der Waals surface area contributed by atoms with Gasteiger partial charge in [-0.15, -0.1) is 0 Å². The highest BCUT2D eigenvalue weighted by Crippen LogP contribution is 2.38. The average molecular weight is 545 g/mol. The maximum atomic E-state index is 13.4. The third-order valence-corrected chi connectivity index (χ3v) is 7.72. The van der Waals surface area contributed by atoms with Crippen LogP contribution in [0, 0.1) is 0 Å². The molecule has 1 aliphatic heterocycles. The van der Waals surface area contributed by atoms with Gasteiger partial charge in [-0.1, -0.05) is 44.5 Å². The summed E-state index contributed by atoms with van der Waals surface area (Å²) in [6.45, 7) is 7.70. The van der Waals surface area contributed by atoms with Crippen molar-refractivity contribution in [2.45, 2.75) is 44.6 Å². The molecule has 0 aliphatic carbocycles. The quantitative estimate of drug-likeness (QED) is 0.271. The summed E-state index contributed by atoms with van der Waals surface area (Å²) < 4.78 is 34.6. The third kappa shape index (κ3) is 4.99. The number of anilines is 2. The molecule has 4 rings (SSSR count). The van der Waals surface area contributed by atoms with Crippen molar-refractivity contribution < 1.29 is 32.7 Å². The van der Waals surface area contributed by atoms with Crippen molar-refractivity contribution >= 4 is 44.9 Å². The number of ether oxygens (including phenoxy) is 1. The number of amides is 1. The second-order valence-electron chi connectivity index (χ2n) is 9.53. The van der Waals surface area contributed by atoms with Crippen LogP contribution in [0.1, 0.15) is 59.7 Å². The maximum Gasteiger partial charge on any atom is 0.410 e. The average Bonchev–Trinajstić information content (AvgIpc) is 3.18. The Labute approximate surface area is 220 Å². The first-order valence-electron chi connectivity index (χ1n) is 11.5. The summed E-state index contributed by atoms with van der Waals surface area (Å²) in [5, 5.41) is 10.4. The minimum atomic E-state index is -3.99. The molecule has 0 saturated heterocycles. The van der Waals surface area contributed by atoms with E-state index in [1.54, 1.807) is 19.1 Å². The van der Waals surface area contributed by atoms with Crippen molar-refractivity contribution in [2.24, 2.45) is 0 Å². The van der Waals surface area contributed by atoms with Crippen LogP contribution in [0.15, 0.2) is 59.6 Å². The molecule has 0 atom stereocenters. The smallest absolute Gasteiger partial charge is 0.410 e. The molecule has 1 amide bonds. The van der Waals surface area contributed by atoms with E-state index in [1.807, 2.05) is 20.8 Å². The fourth-order valence-electron chi connectivity index (χ4n) is 4.11. The Bertz CT molecular complexity index is 1500. The normalized spacial score (nSPS) is 13.4. The Balaban J connectivity index is 1.72. The Morgan fingerprint density at radius 1 is 1.16 bits per heavy atom. The molecule has 11 heteroatoms. The highest BCUT2D eigenvalue weighted by molar-refractivity contribution is 7.92. The first-order chi connectivity index (χ1) is 17.3. The number of aromatic nitrogens is 1. The second kappa shape index (κ2) is 9.68. The summed E-state index contributed by atoms with van der Waals surface area (Å²) in [6.07, 6.45) is 1.24. The van der Waals surface area contributed by atoms with E-state index in [0.29, 0.717) is 10.3 Å². The minimum Gasteiger partial charge on any atom is -0.458 e. The van der Waals surface area contributed by atoms with Gasteiger partial charge in [0.05, 0.1) is 34.3 Å². The van der Waals surface area contributed by atoms with Gasteiger partial charge in [0.2, 0.25) is 6.20 Å². The molecule has 2 heterocycles. The predicted molar refractivity (Wildman–Crippen MR) is 138 cm³/mol. The van der Waals surface area contributed by atoms with Gasteiger partial charge in [0.1, 0.15) is 5.69 Å². The molecule has 194 valence electrons. The van der Waals surface area contributed by atoms with E-state index in [2.05, 4.69) is 4.72 Å². The van der Waals surface area contributed by atoms with E-state index in [0.717, 1.165) is 5.56 Å². The number of pyridine rings is 1. The van der Waals surface area contributed by atoms with E-state index in [1.165, 1.54) is 47.5 Å². The molecule has 1 aromatic heterocycles. The topological polar surface area (TPSA) is 117 Å². The molecule has 2 aromatic carbocycles. The van der Waals surface area contributed by atoms with Gasteiger partial charge in [-0.05, 0) is 48.2 Å². The van der Waals surface area contributed by atoms with Gasteiger partial charge < -0.3 is 4.74 Å². The molecule has 0 saturated carbocycles. The lowest BCUT2D eigenvalue weighted by atomic mass is 9.87. The number of carbonyl (C=O) groups excluding carboxylic acids is 2. The molecular formula is C26H27ClN3O6S+. The number of sulfonamides is 1. The molecule has 0 spiro atoms. The van der Waals surface area contributed by atoms with E-state index in [4.69, 9.17) is 16.3 Å². The number of halogens is 1. The molecule has 0 radical (unpaired) electrons. The van der Waals surface area contributed by atoms with E-state index >= 15 is 0 Å². The predicted octanol–water partition coefficient (Wildman–Crippen LogP) is 4.30. The summed E-state index contributed by atoms with van der Waals surface area (Å²) in [5.41, 5.74) is 1.32. The van der Waals surface area contributed by atoms with E-state index < -0.39 is 21.9 Å². The summed E-state index contributed by atoms with van der Waals surface area (Å²) >= 11 is 6.35. The molecule has 2 N–H and O–H groups in total. The van der Waals surface area contributed by atoms with Crippen LogP contribution >= 0.6 is 11.6 Å². The zero-order valence-corrected chi connectivity index (χ0v) is 22.4. The van der Waals surface area contributed by atoms with Crippen molar-refractivity contribution in [1.82, 2.24) is 0 Å². The van der Waals surface area contributed by atoms with Gasteiger partial charge in [0.15, 0.2) is 0 Å². The van der Waals surface area contributed by atoms with Gasteiger partial charge >= 0.3 is 11.7 Å². The van der Waals surface area contributed by atoms with Gasteiger partial charge in [0, 0.05) is 16.4 Å². The summed E-state index contributed by atoms with van der Waals surface area (Å²) in [4.78, 5) is 27.2. The number of esters is 1. The SMILES string of the molecule is CCOC(=O)c1c(N2Cc3c(NS(=O)(=O)c4ccc(C(C)(C)C)cc4)ccc(Cl)c3C2=O)ccc[n+]1O. The number of benzene rings is 2. The monoisotopic (exact) mass is 544 g/mol. The largest absolute Gasteiger partial charge is 0.458 e. The standard InChI is InChI=1S/C26H27ClN3O6S/c1-5-36-25(32)23-21(7-6-14-30(23)33)29-15-18-20(13-12-19(27)22(18)24(29)31)28-37(34,35)17-10-8-16(9-11-17)26(2,3)4/h6-14,28,33H,5,15H2,1-4H3/q+1. The van der Waals surface area contributed by atoms with Crippen molar-refractivity contribution in [3.05, 3.63) is 82.1 Å². The van der Waals surface area contributed by atoms with Crippen molar-refractivity contribution in [2.75, 3.05) is 16.2 Å². The van der Waals surface area contributed by atoms with Crippen LogP contribution in [0.5, 0.6) is 0 Å². The fraction of sp³-hybridized carbons (Fsp3) is 0.269. The van der Waals surface area contributed by atoms with Gasteiger partial charge in [0.25, 0.3) is 15.9 Å². The Morgan fingerprint density at radius 3 is 2.46 bits per heavy atom. The molecule has 0 bridgehead atoms. The number of rotatable bonds is 6. The van der Waals surface area contributed by atoms with Gasteiger partial charge in [-0.25, -0.2) is 13.2 Å². The summed E-state index contributed by atoms with van der Waals surface area (Å²) in [5.74, 6) is -1.37. The van der Waals surface area contributed by atoms with Crippen LogP contribution in [0.3, 0.4) is 0 Å². The second-order valence-corrected chi connectivity index (χ2v) is 11.6. The van der Waals surface area contributed by atoms with Crippen LogP contribution in [0.2, 0.25) is 5.02 Å². The van der Waals surface area contributed by atoms with E-state index in [9.17, 15) is 23.2 Å². The first-order valence-corrected chi connectivity index (χ1v) is 13.4. The minimum absolute atomic E-state index is 0.0653. The Morgan fingerprint density at radius 2 is 1.84 bits per heavy atom. The summed E-state index contributed by atoms with van der Waals surface area (Å²) in [7, 11) is -3.99. The van der Waals surface area contributed by atoms with Crippen LogP contribution < -0.4 is 14.4 Å². The number of nitrogens with one attached hydrogen (secondary N) is 1.